The molecule has 0 aromatic heterocycles. The molecule has 1 heterocycles. The molecule has 2 aliphatic rings. The predicted octanol–water partition coefficient (Wildman–Crippen LogP) is 0.840. The van der Waals surface area contributed by atoms with Crippen molar-refractivity contribution >= 4 is 10.0 Å². The zero-order chi connectivity index (χ0) is 12.3. The Hall–Kier alpha value is -0.570. The van der Waals surface area contributed by atoms with E-state index in [1.807, 2.05) is 0 Å². The van der Waals surface area contributed by atoms with Gasteiger partial charge in [0.2, 0.25) is 10.0 Å². The van der Waals surface area contributed by atoms with E-state index in [0.717, 1.165) is 12.8 Å². The van der Waals surface area contributed by atoms with E-state index in [9.17, 15) is 8.42 Å². The third kappa shape index (κ3) is 3.21. The maximum Gasteiger partial charge on any atom is 0.218 e. The van der Waals surface area contributed by atoms with Gasteiger partial charge in [-0.15, -0.1) is 6.42 Å². The van der Waals surface area contributed by atoms with Crippen molar-refractivity contribution in [1.29, 1.82) is 0 Å². The van der Waals surface area contributed by atoms with Crippen molar-refractivity contribution in [2.75, 3.05) is 26.3 Å². The fraction of sp³-hybridized carbons (Fsp3) is 0.833. The second kappa shape index (κ2) is 5.38. The molecule has 0 radical (unpaired) electrons. The van der Waals surface area contributed by atoms with Gasteiger partial charge in [-0.3, -0.25) is 0 Å². The maximum atomic E-state index is 12.4. The first-order chi connectivity index (χ1) is 8.14. The molecule has 4 nitrogen and oxygen atoms in total. The van der Waals surface area contributed by atoms with Gasteiger partial charge in [-0.05, 0) is 31.6 Å². The van der Waals surface area contributed by atoms with Crippen LogP contribution in [0.3, 0.4) is 0 Å². The Morgan fingerprint density at radius 3 is 2.41 bits per heavy atom. The lowest BCUT2D eigenvalue weighted by atomic mass is 10.2. The second-order valence-corrected chi connectivity index (χ2v) is 7.01. The molecule has 17 heavy (non-hydrogen) atoms. The minimum absolute atomic E-state index is 0.205. The summed E-state index contributed by atoms with van der Waals surface area (Å²) in [6, 6.07) is 0. The Bertz CT molecular complexity index is 388. The molecule has 2 rings (SSSR count). The first-order valence-electron chi connectivity index (χ1n) is 6.14. The normalized spacial score (nSPS) is 22.6. The van der Waals surface area contributed by atoms with E-state index in [4.69, 9.17) is 11.2 Å². The van der Waals surface area contributed by atoms with Gasteiger partial charge in [0.05, 0.1) is 11.8 Å². The van der Waals surface area contributed by atoms with Crippen LogP contribution in [-0.4, -0.2) is 44.3 Å². The average molecular weight is 257 g/mol. The van der Waals surface area contributed by atoms with Crippen molar-refractivity contribution in [3.8, 4) is 12.3 Å². The summed E-state index contributed by atoms with van der Waals surface area (Å²) < 4.78 is 31.5. The van der Waals surface area contributed by atoms with Crippen LogP contribution in [0.2, 0.25) is 0 Å². The monoisotopic (exact) mass is 257 g/mol. The van der Waals surface area contributed by atoms with Gasteiger partial charge < -0.3 is 4.74 Å². The van der Waals surface area contributed by atoms with Crippen LogP contribution in [0.15, 0.2) is 0 Å². The Morgan fingerprint density at radius 2 is 1.88 bits per heavy atom. The fourth-order valence-corrected chi connectivity index (χ4v) is 4.02. The molecule has 0 spiro atoms. The standard InChI is InChI=1S/C12H19NO3S/c1-2-7-13(10-11-3-4-11)17(14,15)12-5-8-16-9-6-12/h1,11-12H,3-10H2. The highest BCUT2D eigenvalue weighted by atomic mass is 32.2. The number of hydrogen-bond donors (Lipinski definition) is 0. The number of rotatable bonds is 5. The van der Waals surface area contributed by atoms with Gasteiger partial charge in [-0.1, -0.05) is 5.92 Å². The molecule has 0 aromatic carbocycles. The predicted molar refractivity (Wildman–Crippen MR) is 65.9 cm³/mol. The van der Waals surface area contributed by atoms with Gasteiger partial charge in [0.25, 0.3) is 0 Å². The smallest absolute Gasteiger partial charge is 0.218 e. The molecular weight excluding hydrogens is 238 g/mol. The van der Waals surface area contributed by atoms with Gasteiger partial charge in [-0.25, -0.2) is 8.42 Å². The number of sulfonamides is 1. The van der Waals surface area contributed by atoms with E-state index in [-0.39, 0.29) is 11.8 Å². The van der Waals surface area contributed by atoms with E-state index in [1.165, 1.54) is 4.31 Å². The lowest BCUT2D eigenvalue weighted by Crippen LogP contribution is -2.42. The molecule has 2 fully saturated rings. The average Bonchev–Trinajstić information content (AvgIpc) is 3.14. The number of terminal acetylenes is 1. The third-order valence-corrected chi connectivity index (χ3v) is 5.69. The van der Waals surface area contributed by atoms with Gasteiger partial charge in [0.1, 0.15) is 0 Å². The molecule has 1 aliphatic carbocycles. The zero-order valence-corrected chi connectivity index (χ0v) is 10.8. The van der Waals surface area contributed by atoms with Gasteiger partial charge in [0.15, 0.2) is 0 Å². The Kier molecular flexibility index (Phi) is 4.08. The van der Waals surface area contributed by atoms with E-state index >= 15 is 0 Å². The summed E-state index contributed by atoms with van der Waals surface area (Å²) in [4.78, 5) is 0. The first-order valence-corrected chi connectivity index (χ1v) is 7.65. The van der Waals surface area contributed by atoms with Crippen LogP contribution in [0.4, 0.5) is 0 Å². The summed E-state index contributed by atoms with van der Waals surface area (Å²) in [6.07, 6.45) is 8.71. The molecule has 0 N–H and O–H groups in total. The SMILES string of the molecule is C#CCN(CC1CC1)S(=O)(=O)C1CCOCC1. The summed E-state index contributed by atoms with van der Waals surface area (Å²) in [5.41, 5.74) is 0. The van der Waals surface area contributed by atoms with Crippen molar-refractivity contribution in [1.82, 2.24) is 4.31 Å². The molecular formula is C12H19NO3S. The van der Waals surface area contributed by atoms with E-state index in [2.05, 4.69) is 5.92 Å². The number of nitrogens with zero attached hydrogens (tertiary/aromatic N) is 1. The number of hydrogen-bond acceptors (Lipinski definition) is 3. The summed E-state index contributed by atoms with van der Waals surface area (Å²) in [5.74, 6) is 2.99. The lowest BCUT2D eigenvalue weighted by Gasteiger charge is -2.28. The van der Waals surface area contributed by atoms with Crippen LogP contribution < -0.4 is 0 Å². The largest absolute Gasteiger partial charge is 0.381 e. The van der Waals surface area contributed by atoms with Crippen molar-refractivity contribution in [3.63, 3.8) is 0 Å². The summed E-state index contributed by atoms with van der Waals surface area (Å²) in [7, 11) is -3.23. The zero-order valence-electron chi connectivity index (χ0n) is 9.97. The van der Waals surface area contributed by atoms with Crippen LogP contribution in [0.25, 0.3) is 0 Å². The van der Waals surface area contributed by atoms with Crippen molar-refractivity contribution in [2.24, 2.45) is 5.92 Å². The lowest BCUT2D eigenvalue weighted by molar-refractivity contribution is 0.0972. The van der Waals surface area contributed by atoms with Crippen LogP contribution in [0.5, 0.6) is 0 Å². The molecule has 5 heteroatoms. The molecule has 1 aliphatic heterocycles. The quantitative estimate of drug-likeness (QED) is 0.686. The highest BCUT2D eigenvalue weighted by Crippen LogP contribution is 2.31. The van der Waals surface area contributed by atoms with Crippen LogP contribution in [-0.2, 0) is 14.8 Å². The van der Waals surface area contributed by atoms with Crippen molar-refractivity contribution in [2.45, 2.75) is 30.9 Å². The second-order valence-electron chi connectivity index (χ2n) is 4.80. The van der Waals surface area contributed by atoms with Crippen LogP contribution in [0, 0.1) is 18.3 Å². The molecule has 0 bridgehead atoms. The topological polar surface area (TPSA) is 46.6 Å². The Labute approximate surface area is 103 Å². The molecule has 0 amide bonds. The molecule has 96 valence electrons. The fourth-order valence-electron chi connectivity index (χ4n) is 2.13. The van der Waals surface area contributed by atoms with Crippen LogP contribution >= 0.6 is 0 Å². The molecule has 1 saturated heterocycles. The van der Waals surface area contributed by atoms with Crippen LogP contribution in [0.1, 0.15) is 25.7 Å². The van der Waals surface area contributed by atoms with E-state index in [0.29, 0.717) is 38.5 Å². The highest BCUT2D eigenvalue weighted by Gasteiger charge is 2.36. The summed E-state index contributed by atoms with van der Waals surface area (Å²) in [5, 5.41) is -0.302. The van der Waals surface area contributed by atoms with Gasteiger partial charge in [0, 0.05) is 19.8 Å². The van der Waals surface area contributed by atoms with E-state index in [1.54, 1.807) is 0 Å². The first kappa shape index (κ1) is 12.9. The van der Waals surface area contributed by atoms with Crippen molar-refractivity contribution in [3.05, 3.63) is 0 Å². The van der Waals surface area contributed by atoms with Gasteiger partial charge >= 0.3 is 0 Å². The maximum absolute atomic E-state index is 12.4. The summed E-state index contributed by atoms with van der Waals surface area (Å²) in [6.45, 7) is 1.88. The number of ether oxygens (including phenoxy) is 1. The minimum Gasteiger partial charge on any atom is -0.381 e. The highest BCUT2D eigenvalue weighted by molar-refractivity contribution is 7.89. The Morgan fingerprint density at radius 1 is 1.24 bits per heavy atom. The van der Waals surface area contributed by atoms with E-state index < -0.39 is 10.0 Å². The Balaban J connectivity index is 2.05. The molecule has 0 unspecified atom stereocenters. The van der Waals surface area contributed by atoms with Crippen molar-refractivity contribution < 1.29 is 13.2 Å². The minimum atomic E-state index is -3.23. The molecule has 0 atom stereocenters. The third-order valence-electron chi connectivity index (χ3n) is 3.38. The summed E-state index contributed by atoms with van der Waals surface area (Å²) >= 11 is 0. The molecule has 1 saturated carbocycles. The molecule has 0 aromatic rings. The van der Waals surface area contributed by atoms with Gasteiger partial charge in [-0.2, -0.15) is 4.31 Å².